The summed E-state index contributed by atoms with van der Waals surface area (Å²) >= 11 is 0. The zero-order valence-corrected chi connectivity index (χ0v) is 30.3. The van der Waals surface area contributed by atoms with Gasteiger partial charge in [-0.25, -0.2) is 0 Å². The highest BCUT2D eigenvalue weighted by Crippen LogP contribution is 2.53. The van der Waals surface area contributed by atoms with Gasteiger partial charge in [0.25, 0.3) is 0 Å². The first-order valence-corrected chi connectivity index (χ1v) is 20.4. The van der Waals surface area contributed by atoms with Crippen LogP contribution in [0.2, 0.25) is 19.1 Å². The first kappa shape index (κ1) is 37.8. The summed E-state index contributed by atoms with van der Waals surface area (Å²) in [4.78, 5) is 63.6. The van der Waals surface area contributed by atoms with E-state index in [9.17, 15) is 44.4 Å². The summed E-state index contributed by atoms with van der Waals surface area (Å²) in [6.45, 7) is 6.63. The predicted octanol–water partition coefficient (Wildman–Crippen LogP) is 4.28. The van der Waals surface area contributed by atoms with Crippen LogP contribution in [0.5, 0.6) is 17.2 Å². The normalized spacial score (nSPS) is 26.2. The molecule has 0 spiro atoms. The highest BCUT2D eigenvalue weighted by molar-refractivity contribution is 6.69. The molecule has 5 N–H and O–H groups in total. The van der Waals surface area contributed by atoms with E-state index in [1.165, 1.54) is 25.3 Å². The number of ketones is 4. The number of phenolic OH excluding ortho intramolecular Hbond substituents is 2. The number of phenols is 2. The molecule has 0 aromatic heterocycles. The van der Waals surface area contributed by atoms with Crippen LogP contribution in [-0.2, 0) is 25.5 Å². The average molecular weight is 713 g/mol. The van der Waals surface area contributed by atoms with Crippen molar-refractivity contribution in [1.29, 1.82) is 0 Å². The number of rotatable bonds is 13. The minimum Gasteiger partial charge on any atom is -0.507 e. The fourth-order valence-electron chi connectivity index (χ4n) is 7.65. The van der Waals surface area contributed by atoms with Crippen molar-refractivity contribution < 1.29 is 58.6 Å². The molecule has 0 bridgehead atoms. The average Bonchev–Trinajstić information content (AvgIpc) is 3.05. The Bertz CT molecular complexity index is 1680. The van der Waals surface area contributed by atoms with Gasteiger partial charge in [0, 0.05) is 48.8 Å². The second kappa shape index (κ2) is 14.6. The zero-order valence-electron chi connectivity index (χ0n) is 29.3. The van der Waals surface area contributed by atoms with Gasteiger partial charge in [0.05, 0.1) is 36.0 Å². The molecule has 6 atom stereocenters. The number of carbonyl (C=O) groups excluding carboxylic acids is 4. The molecule has 2 aliphatic carbocycles. The Hall–Kier alpha value is -3.46. The lowest BCUT2D eigenvalue weighted by Gasteiger charge is -2.43. The number of hydrogen-bond donors (Lipinski definition) is 5. The van der Waals surface area contributed by atoms with Gasteiger partial charge in [0.2, 0.25) is 5.78 Å². The van der Waals surface area contributed by atoms with E-state index in [4.69, 9.17) is 14.2 Å². The maximum absolute atomic E-state index is 13.9. The van der Waals surface area contributed by atoms with Crippen molar-refractivity contribution in [1.82, 2.24) is 0 Å². The van der Waals surface area contributed by atoms with Gasteiger partial charge in [0.1, 0.15) is 35.2 Å². The van der Waals surface area contributed by atoms with Crippen molar-refractivity contribution in [3.05, 3.63) is 51.6 Å². The maximum Gasteiger partial charge on any atom is 0.202 e. The third-order valence-electron chi connectivity index (χ3n) is 10.6. The van der Waals surface area contributed by atoms with Gasteiger partial charge >= 0.3 is 0 Å². The van der Waals surface area contributed by atoms with E-state index < -0.39 is 85.7 Å². The molecule has 0 amide bonds. The summed E-state index contributed by atoms with van der Waals surface area (Å²) < 4.78 is 17.9. The molecule has 5 rings (SSSR count). The van der Waals surface area contributed by atoms with E-state index in [-0.39, 0.29) is 58.1 Å². The van der Waals surface area contributed by atoms with Crippen molar-refractivity contribution >= 4 is 31.5 Å². The number of ether oxygens (including phenoxy) is 3. The molecule has 2 aromatic carbocycles. The standard InChI is InChI=1S/C37H48O12Si/c1-19-20(2)48-28(15-21(19)14-22(39)10-7-6-8-13-50(4,5)46)49-26-17-37(45,27(40)18-38)16-24-30(26)36(44)32-31(34(24)42)33(41)23-11-9-12-25(47-3)29(23)35(32)43/h9,11-12,19-21,26,28,38,42,44-46H,6-8,10,13-18H2,1-5H3/t19-,20+,21+,26+,28+,37+/m1/s1. The summed E-state index contributed by atoms with van der Waals surface area (Å²) in [5, 5.41) is 44.6. The SMILES string of the molecule is COc1cccc2c1C(=O)c1c(O)c3c(c(O)c1C2=O)C[C@@](O)(C(=O)CO)C[C@@H]3O[C@H]1C[C@H](CC(=O)CCCCC[Si](C)(C)O)[C@H](C)[C@H](C)O1. The van der Waals surface area contributed by atoms with Crippen molar-refractivity contribution in [3.63, 3.8) is 0 Å². The van der Waals surface area contributed by atoms with E-state index in [0.717, 1.165) is 25.3 Å². The summed E-state index contributed by atoms with van der Waals surface area (Å²) in [5.74, 6) is -3.71. The number of aliphatic hydroxyl groups excluding tert-OH is 1. The van der Waals surface area contributed by atoms with Crippen LogP contribution in [0.25, 0.3) is 0 Å². The topological polar surface area (TPSA) is 197 Å². The molecular formula is C37H48O12Si. The highest BCUT2D eigenvalue weighted by atomic mass is 28.4. The van der Waals surface area contributed by atoms with Crippen LogP contribution >= 0.6 is 0 Å². The summed E-state index contributed by atoms with van der Waals surface area (Å²) in [5.41, 5.74) is -3.52. The first-order valence-electron chi connectivity index (χ1n) is 17.3. The number of unbranched alkanes of at least 4 members (excludes halogenated alkanes) is 2. The van der Waals surface area contributed by atoms with Crippen LogP contribution in [0.4, 0.5) is 0 Å². The Labute approximate surface area is 292 Å². The molecule has 1 fully saturated rings. The molecule has 0 radical (unpaired) electrons. The smallest absolute Gasteiger partial charge is 0.202 e. The molecule has 272 valence electrons. The van der Waals surface area contributed by atoms with Gasteiger partial charge in [-0.2, -0.15) is 0 Å². The fourth-order valence-corrected chi connectivity index (χ4v) is 8.76. The third kappa shape index (κ3) is 7.30. The second-order valence-corrected chi connectivity index (χ2v) is 18.9. The van der Waals surface area contributed by atoms with Crippen LogP contribution < -0.4 is 4.74 Å². The summed E-state index contributed by atoms with van der Waals surface area (Å²) in [6.07, 6.45) is -0.184. The van der Waals surface area contributed by atoms with Crippen molar-refractivity contribution in [3.8, 4) is 17.2 Å². The monoisotopic (exact) mass is 712 g/mol. The van der Waals surface area contributed by atoms with Gasteiger partial charge in [-0.15, -0.1) is 0 Å². The molecule has 13 heteroatoms. The molecule has 12 nitrogen and oxygen atoms in total. The Morgan fingerprint density at radius 1 is 1.02 bits per heavy atom. The van der Waals surface area contributed by atoms with Gasteiger partial charge in [-0.05, 0) is 50.4 Å². The minimum atomic E-state index is -2.25. The predicted molar refractivity (Wildman–Crippen MR) is 183 cm³/mol. The van der Waals surface area contributed by atoms with E-state index in [1.54, 1.807) is 0 Å². The molecule has 50 heavy (non-hydrogen) atoms. The quantitative estimate of drug-likeness (QED) is 0.0960. The number of benzene rings is 2. The maximum atomic E-state index is 13.9. The molecule has 1 aliphatic heterocycles. The number of methoxy groups -OCH3 is 1. The van der Waals surface area contributed by atoms with Crippen LogP contribution in [0.1, 0.15) is 108 Å². The lowest BCUT2D eigenvalue weighted by Crippen LogP contribution is -2.48. The van der Waals surface area contributed by atoms with E-state index >= 15 is 0 Å². The molecule has 2 aromatic rings. The Morgan fingerprint density at radius 2 is 1.72 bits per heavy atom. The molecule has 0 saturated carbocycles. The Kier molecular flexibility index (Phi) is 11.1. The van der Waals surface area contributed by atoms with Crippen LogP contribution in [0, 0.1) is 11.8 Å². The van der Waals surface area contributed by atoms with Gasteiger partial charge in [0.15, 0.2) is 26.2 Å². The number of hydrogen-bond acceptors (Lipinski definition) is 12. The van der Waals surface area contributed by atoms with E-state index in [2.05, 4.69) is 0 Å². The number of aliphatic hydroxyl groups is 2. The molecule has 0 unspecified atom stereocenters. The summed E-state index contributed by atoms with van der Waals surface area (Å²) in [7, 11) is -0.780. The van der Waals surface area contributed by atoms with E-state index in [1.807, 2.05) is 26.9 Å². The van der Waals surface area contributed by atoms with Crippen molar-refractivity contribution in [2.24, 2.45) is 11.8 Å². The number of Topliss-reactive ketones (excluding diaryl/α,β-unsaturated/α-hetero) is 2. The first-order chi connectivity index (χ1) is 23.5. The number of fused-ring (bicyclic) bond motifs is 3. The van der Waals surface area contributed by atoms with Crippen LogP contribution in [-0.4, -0.2) is 88.4 Å². The molecule has 3 aliphatic rings. The minimum absolute atomic E-state index is 0.00493. The molecular weight excluding hydrogens is 664 g/mol. The van der Waals surface area contributed by atoms with Crippen LogP contribution in [0.3, 0.4) is 0 Å². The Morgan fingerprint density at radius 3 is 2.38 bits per heavy atom. The van der Waals surface area contributed by atoms with E-state index in [0.29, 0.717) is 12.8 Å². The molecule has 1 saturated heterocycles. The summed E-state index contributed by atoms with van der Waals surface area (Å²) in [6, 6.07) is 5.21. The largest absolute Gasteiger partial charge is 0.507 e. The van der Waals surface area contributed by atoms with Gasteiger partial charge < -0.3 is 39.4 Å². The lowest BCUT2D eigenvalue weighted by molar-refractivity contribution is -0.245. The third-order valence-corrected chi connectivity index (χ3v) is 12.2. The van der Waals surface area contributed by atoms with Gasteiger partial charge in [-0.1, -0.05) is 31.9 Å². The number of carbonyl (C=O) groups is 4. The van der Waals surface area contributed by atoms with Crippen molar-refractivity contribution in [2.45, 2.75) is 108 Å². The van der Waals surface area contributed by atoms with Crippen molar-refractivity contribution in [2.75, 3.05) is 13.7 Å². The highest BCUT2D eigenvalue weighted by Gasteiger charge is 2.50. The fraction of sp³-hybridized carbons (Fsp3) is 0.568. The van der Waals surface area contributed by atoms with Crippen LogP contribution in [0.15, 0.2) is 18.2 Å². The lowest BCUT2D eigenvalue weighted by atomic mass is 9.72. The second-order valence-electron chi connectivity index (χ2n) is 14.7. The molecule has 1 heterocycles. The zero-order chi connectivity index (χ0) is 36.7. The van der Waals surface area contributed by atoms with Gasteiger partial charge in [-0.3, -0.25) is 19.2 Å². The Balaban J connectivity index is 1.45. The number of aromatic hydroxyl groups is 2.